The fourth-order valence-corrected chi connectivity index (χ4v) is 4.19. The molecule has 0 aliphatic carbocycles. The molecule has 4 aliphatic heterocycles. The molecule has 0 radical (unpaired) electrons. The number of carbonyl (C=O) groups excluding carboxylic acids is 1. The van der Waals surface area contributed by atoms with E-state index in [1.165, 1.54) is 11.3 Å². The third-order valence-corrected chi connectivity index (χ3v) is 5.07. The predicted octanol–water partition coefficient (Wildman–Crippen LogP) is 1.46. The van der Waals surface area contributed by atoms with Crippen molar-refractivity contribution >= 4 is 17.5 Å². The monoisotopic (exact) mass is 269 g/mol. The molecule has 4 heterocycles. The zero-order chi connectivity index (χ0) is 13.3. The third kappa shape index (κ3) is 1.26. The van der Waals surface area contributed by atoms with E-state index in [4.69, 9.17) is 9.47 Å². The van der Waals surface area contributed by atoms with E-state index in [0.29, 0.717) is 6.61 Å². The SMILES string of the molecule is O=C1C2OCC(O2)[C@H]2[C@H]3C=Cc4ccccc4N3C[C@@H]12. The standard InChI is InChI=1S/C16H15NO3/c18-15-10-7-17-11-4-2-1-3-9(11)5-6-12(17)14(10)13-8-19-16(15)20-13/h1-6,10,12-14,16H,7-8H2/t10-,12-,13?,14-,16?/m1/s1. The molecule has 0 saturated carbocycles. The number of nitrogens with zero attached hydrogens (tertiary/aromatic N) is 1. The van der Waals surface area contributed by atoms with Gasteiger partial charge in [-0.15, -0.1) is 0 Å². The summed E-state index contributed by atoms with van der Waals surface area (Å²) in [6.07, 6.45) is 3.85. The highest BCUT2D eigenvalue weighted by atomic mass is 16.7. The quantitative estimate of drug-likeness (QED) is 0.715. The highest BCUT2D eigenvalue weighted by Crippen LogP contribution is 2.46. The average molecular weight is 269 g/mol. The Morgan fingerprint density at radius 2 is 2.15 bits per heavy atom. The first-order chi connectivity index (χ1) is 9.83. The van der Waals surface area contributed by atoms with E-state index in [2.05, 4.69) is 41.3 Å². The number of para-hydroxylation sites is 1. The summed E-state index contributed by atoms with van der Waals surface area (Å²) in [5, 5.41) is 0. The van der Waals surface area contributed by atoms with E-state index >= 15 is 0 Å². The molecular weight excluding hydrogens is 254 g/mol. The first kappa shape index (κ1) is 11.1. The maximum Gasteiger partial charge on any atom is 0.218 e. The van der Waals surface area contributed by atoms with Gasteiger partial charge in [0.2, 0.25) is 6.29 Å². The van der Waals surface area contributed by atoms with Crippen molar-refractivity contribution in [1.82, 2.24) is 0 Å². The molecule has 0 aromatic heterocycles. The zero-order valence-corrected chi connectivity index (χ0v) is 10.9. The number of benzene rings is 1. The van der Waals surface area contributed by atoms with Crippen LogP contribution < -0.4 is 4.90 Å². The Kier molecular flexibility index (Phi) is 2.05. The second kappa shape index (κ2) is 3.71. The van der Waals surface area contributed by atoms with Gasteiger partial charge in [-0.05, 0) is 11.6 Å². The Labute approximate surface area is 117 Å². The van der Waals surface area contributed by atoms with Gasteiger partial charge >= 0.3 is 0 Å². The molecule has 1 aromatic carbocycles. The molecule has 1 aromatic rings. The Bertz CT molecular complexity index is 626. The smallest absolute Gasteiger partial charge is 0.218 e. The van der Waals surface area contributed by atoms with Crippen molar-refractivity contribution in [3.8, 4) is 0 Å². The molecule has 0 spiro atoms. The van der Waals surface area contributed by atoms with Crippen LogP contribution in [0.4, 0.5) is 5.69 Å². The average Bonchev–Trinajstić information content (AvgIpc) is 3.08. The lowest BCUT2D eigenvalue weighted by molar-refractivity contribution is -0.162. The lowest BCUT2D eigenvalue weighted by atomic mass is 9.81. The maximum absolute atomic E-state index is 12.4. The summed E-state index contributed by atoms with van der Waals surface area (Å²) in [5.41, 5.74) is 2.47. The van der Waals surface area contributed by atoms with Crippen molar-refractivity contribution < 1.29 is 14.3 Å². The highest BCUT2D eigenvalue weighted by Gasteiger charge is 2.57. The van der Waals surface area contributed by atoms with Gasteiger partial charge in [0, 0.05) is 24.1 Å². The molecule has 4 aliphatic rings. The lowest BCUT2D eigenvalue weighted by Crippen LogP contribution is -2.45. The lowest BCUT2D eigenvalue weighted by Gasteiger charge is -2.34. The number of fused-ring (bicyclic) bond motifs is 8. The molecule has 4 heteroatoms. The number of carbonyl (C=O) groups is 1. The minimum absolute atomic E-state index is 0.0436. The van der Waals surface area contributed by atoms with Crippen molar-refractivity contribution in [3.63, 3.8) is 0 Å². The maximum atomic E-state index is 12.4. The molecule has 0 amide bonds. The van der Waals surface area contributed by atoms with E-state index in [-0.39, 0.29) is 29.8 Å². The van der Waals surface area contributed by atoms with Gasteiger partial charge in [-0.1, -0.05) is 30.4 Å². The Morgan fingerprint density at radius 1 is 1.25 bits per heavy atom. The van der Waals surface area contributed by atoms with Crippen LogP contribution in [0, 0.1) is 11.8 Å². The van der Waals surface area contributed by atoms with Crippen LogP contribution in [0.25, 0.3) is 6.08 Å². The van der Waals surface area contributed by atoms with Crippen LogP contribution >= 0.6 is 0 Å². The fraction of sp³-hybridized carbons (Fsp3) is 0.438. The van der Waals surface area contributed by atoms with E-state index in [1.807, 2.05) is 0 Å². The summed E-state index contributed by atoms with van der Waals surface area (Å²) in [7, 11) is 0. The summed E-state index contributed by atoms with van der Waals surface area (Å²) in [5.74, 6) is 0.400. The van der Waals surface area contributed by atoms with Crippen molar-refractivity contribution in [2.45, 2.75) is 18.4 Å². The molecule has 3 fully saturated rings. The van der Waals surface area contributed by atoms with Crippen LogP contribution in [-0.4, -0.2) is 37.4 Å². The molecule has 3 saturated heterocycles. The second-order valence-electron chi connectivity index (χ2n) is 5.99. The molecule has 2 bridgehead atoms. The number of rotatable bonds is 0. The number of hydrogen-bond acceptors (Lipinski definition) is 4. The number of hydrogen-bond donors (Lipinski definition) is 0. The molecule has 5 rings (SSSR count). The summed E-state index contributed by atoms with van der Waals surface area (Å²) < 4.78 is 11.2. The van der Waals surface area contributed by atoms with Crippen LogP contribution in [0.2, 0.25) is 0 Å². The van der Waals surface area contributed by atoms with Crippen molar-refractivity contribution in [3.05, 3.63) is 35.9 Å². The van der Waals surface area contributed by atoms with Crippen LogP contribution in [0.5, 0.6) is 0 Å². The molecule has 20 heavy (non-hydrogen) atoms. The fourth-order valence-electron chi connectivity index (χ4n) is 4.19. The van der Waals surface area contributed by atoms with Gasteiger partial charge < -0.3 is 14.4 Å². The minimum Gasteiger partial charge on any atom is -0.363 e. The number of ether oxygens (including phenoxy) is 2. The Balaban J connectivity index is 1.60. The number of ketones is 1. The van der Waals surface area contributed by atoms with Crippen LogP contribution in [0.1, 0.15) is 5.56 Å². The zero-order valence-electron chi connectivity index (χ0n) is 10.9. The molecule has 5 atom stereocenters. The second-order valence-corrected chi connectivity index (χ2v) is 5.99. The first-order valence-corrected chi connectivity index (χ1v) is 7.17. The normalized spacial score (nSPS) is 40.5. The number of anilines is 1. The van der Waals surface area contributed by atoms with E-state index in [1.54, 1.807) is 0 Å². The van der Waals surface area contributed by atoms with Crippen molar-refractivity contribution in [2.75, 3.05) is 18.1 Å². The van der Waals surface area contributed by atoms with E-state index < -0.39 is 6.29 Å². The topological polar surface area (TPSA) is 38.8 Å². The van der Waals surface area contributed by atoms with E-state index in [0.717, 1.165) is 6.54 Å². The molecule has 4 nitrogen and oxygen atoms in total. The summed E-state index contributed by atoms with van der Waals surface area (Å²) in [6.45, 7) is 1.34. The first-order valence-electron chi connectivity index (χ1n) is 7.17. The predicted molar refractivity (Wildman–Crippen MR) is 73.2 cm³/mol. The van der Waals surface area contributed by atoms with Gasteiger partial charge in [0.15, 0.2) is 5.78 Å². The van der Waals surface area contributed by atoms with Crippen molar-refractivity contribution in [2.24, 2.45) is 11.8 Å². The van der Waals surface area contributed by atoms with Crippen LogP contribution in [-0.2, 0) is 14.3 Å². The molecule has 0 N–H and O–H groups in total. The van der Waals surface area contributed by atoms with Gasteiger partial charge in [-0.25, -0.2) is 0 Å². The van der Waals surface area contributed by atoms with Gasteiger partial charge in [-0.2, -0.15) is 0 Å². The molecular formula is C16H15NO3. The van der Waals surface area contributed by atoms with E-state index in [9.17, 15) is 4.79 Å². The third-order valence-electron chi connectivity index (χ3n) is 5.07. The molecule has 102 valence electrons. The largest absolute Gasteiger partial charge is 0.363 e. The summed E-state index contributed by atoms with van der Waals surface area (Å²) >= 11 is 0. The van der Waals surface area contributed by atoms with Crippen molar-refractivity contribution in [1.29, 1.82) is 0 Å². The van der Waals surface area contributed by atoms with Crippen LogP contribution in [0.3, 0.4) is 0 Å². The van der Waals surface area contributed by atoms with Gasteiger partial charge in [0.05, 0.1) is 18.8 Å². The number of Topliss-reactive ketones (excluding diaryl/α,β-unsaturated/α-hetero) is 1. The summed E-state index contributed by atoms with van der Waals surface area (Å²) in [6, 6.07) is 8.63. The van der Waals surface area contributed by atoms with Crippen LogP contribution in [0.15, 0.2) is 30.3 Å². The minimum atomic E-state index is -0.609. The summed E-state index contributed by atoms with van der Waals surface area (Å²) in [4.78, 5) is 14.8. The highest BCUT2D eigenvalue weighted by molar-refractivity contribution is 5.88. The van der Waals surface area contributed by atoms with Gasteiger partial charge in [-0.3, -0.25) is 4.79 Å². The molecule has 2 unspecified atom stereocenters. The van der Waals surface area contributed by atoms with Gasteiger partial charge in [0.25, 0.3) is 0 Å². The van der Waals surface area contributed by atoms with Gasteiger partial charge in [0.1, 0.15) is 0 Å². The Hall–Kier alpha value is -1.65. The Morgan fingerprint density at radius 3 is 3.10 bits per heavy atom.